The molecule has 154 valence electrons. The Labute approximate surface area is 166 Å². The van der Waals surface area contributed by atoms with Crippen molar-refractivity contribution in [1.29, 1.82) is 0 Å². The van der Waals surface area contributed by atoms with Gasteiger partial charge in [0, 0.05) is 19.1 Å². The predicted octanol–water partition coefficient (Wildman–Crippen LogP) is 0.748. The molecule has 4 aliphatic heterocycles. The molecular formula is C20H28N2O5S. The molecule has 0 aromatic carbocycles. The summed E-state index contributed by atoms with van der Waals surface area (Å²) in [7, 11) is -3.05. The number of amides is 2. The quantitative estimate of drug-likeness (QED) is 0.497. The second kappa shape index (κ2) is 6.55. The molecule has 28 heavy (non-hydrogen) atoms. The molecule has 5 aliphatic rings. The van der Waals surface area contributed by atoms with Crippen molar-refractivity contribution in [3.8, 4) is 0 Å². The Kier molecular flexibility index (Phi) is 4.36. The van der Waals surface area contributed by atoms with E-state index in [2.05, 4.69) is 0 Å². The number of likely N-dealkylation sites (tertiary alicyclic amines) is 1. The minimum absolute atomic E-state index is 0.00474. The highest BCUT2D eigenvalue weighted by molar-refractivity contribution is 7.91. The zero-order chi connectivity index (χ0) is 19.5. The summed E-state index contributed by atoms with van der Waals surface area (Å²) >= 11 is 0. The fraction of sp³-hybridized carbons (Fsp3) is 0.800. The standard InChI is InChI=1S/C20H28N2O5S/c23-18(21-9-11-28(25,26)12-10-21)16-15-7-8-20(27-15)13-22(19(24)17(16)20)14-5-3-1-2-4-6-14/h7-8,14-17H,1-6,9-13H2/t15-,16?,17?,20-/m0/s1. The van der Waals surface area contributed by atoms with Crippen LogP contribution in [0.4, 0.5) is 0 Å². The van der Waals surface area contributed by atoms with Gasteiger partial charge in [0.2, 0.25) is 11.8 Å². The lowest BCUT2D eigenvalue weighted by Crippen LogP contribution is -2.51. The van der Waals surface area contributed by atoms with Crippen LogP contribution >= 0.6 is 0 Å². The van der Waals surface area contributed by atoms with E-state index in [1.807, 2.05) is 17.1 Å². The van der Waals surface area contributed by atoms with E-state index in [1.54, 1.807) is 4.90 Å². The normalized spacial score (nSPS) is 40.0. The van der Waals surface area contributed by atoms with Crippen LogP contribution in [0.25, 0.3) is 0 Å². The van der Waals surface area contributed by atoms with Crippen LogP contribution in [-0.2, 0) is 24.2 Å². The topological polar surface area (TPSA) is 84.0 Å². The van der Waals surface area contributed by atoms with Gasteiger partial charge in [-0.15, -0.1) is 0 Å². The average molecular weight is 409 g/mol. The van der Waals surface area contributed by atoms with E-state index in [9.17, 15) is 18.0 Å². The van der Waals surface area contributed by atoms with Gasteiger partial charge in [0.1, 0.15) is 5.60 Å². The van der Waals surface area contributed by atoms with Crippen molar-refractivity contribution in [1.82, 2.24) is 9.80 Å². The Morgan fingerprint density at radius 3 is 2.46 bits per heavy atom. The van der Waals surface area contributed by atoms with Gasteiger partial charge < -0.3 is 14.5 Å². The van der Waals surface area contributed by atoms with Gasteiger partial charge in [0.05, 0.1) is 36.0 Å². The molecule has 8 heteroatoms. The summed E-state index contributed by atoms with van der Waals surface area (Å²) in [5.74, 6) is -1.03. The molecule has 4 heterocycles. The van der Waals surface area contributed by atoms with Crippen LogP contribution in [0.1, 0.15) is 38.5 Å². The van der Waals surface area contributed by atoms with Crippen molar-refractivity contribution in [2.75, 3.05) is 31.1 Å². The van der Waals surface area contributed by atoms with Gasteiger partial charge in [-0.05, 0) is 12.8 Å². The largest absolute Gasteiger partial charge is 0.360 e. The van der Waals surface area contributed by atoms with E-state index in [0.717, 1.165) is 25.7 Å². The lowest BCUT2D eigenvalue weighted by Gasteiger charge is -2.33. The number of hydrogen-bond acceptors (Lipinski definition) is 5. The summed E-state index contributed by atoms with van der Waals surface area (Å²) in [6, 6.07) is 0.252. The number of fused-ring (bicyclic) bond motifs is 1. The van der Waals surface area contributed by atoms with Gasteiger partial charge in [-0.2, -0.15) is 0 Å². The molecule has 2 amide bonds. The minimum atomic E-state index is -3.05. The molecule has 1 aliphatic carbocycles. The third-order valence-electron chi connectivity index (χ3n) is 7.34. The molecule has 1 saturated carbocycles. The van der Waals surface area contributed by atoms with E-state index in [0.29, 0.717) is 6.54 Å². The van der Waals surface area contributed by atoms with Crippen molar-refractivity contribution in [2.24, 2.45) is 11.8 Å². The van der Waals surface area contributed by atoms with E-state index >= 15 is 0 Å². The maximum absolute atomic E-state index is 13.4. The lowest BCUT2D eigenvalue weighted by atomic mass is 9.76. The number of hydrogen-bond donors (Lipinski definition) is 0. The molecule has 2 unspecified atom stereocenters. The first kappa shape index (κ1) is 18.6. The maximum atomic E-state index is 13.4. The summed E-state index contributed by atoms with van der Waals surface area (Å²) in [6.45, 7) is 0.981. The molecule has 0 radical (unpaired) electrons. The predicted molar refractivity (Wildman–Crippen MR) is 102 cm³/mol. The Morgan fingerprint density at radius 2 is 1.79 bits per heavy atom. The Balaban J connectivity index is 1.37. The zero-order valence-electron chi connectivity index (χ0n) is 16.1. The third kappa shape index (κ3) is 2.83. The molecule has 0 N–H and O–H groups in total. The highest BCUT2D eigenvalue weighted by atomic mass is 32.2. The second-order valence-corrected chi connectivity index (χ2v) is 11.3. The van der Waals surface area contributed by atoms with Gasteiger partial charge >= 0.3 is 0 Å². The summed E-state index contributed by atoms with van der Waals surface area (Å²) in [5.41, 5.74) is -0.670. The SMILES string of the molecule is O=C(C1C2C(=O)N(C3CCCCCC3)C[C@@]23C=C[C@@H]1O3)N1CCS(=O)(=O)CC1. The third-order valence-corrected chi connectivity index (χ3v) is 8.95. The van der Waals surface area contributed by atoms with Crippen molar-refractivity contribution in [3.63, 3.8) is 0 Å². The molecule has 4 fully saturated rings. The molecule has 7 nitrogen and oxygen atoms in total. The molecular weight excluding hydrogens is 380 g/mol. The van der Waals surface area contributed by atoms with E-state index in [4.69, 9.17) is 4.74 Å². The number of carbonyl (C=O) groups excluding carboxylic acids is 2. The molecule has 4 atom stereocenters. The molecule has 5 rings (SSSR count). The number of carbonyl (C=O) groups is 2. The summed E-state index contributed by atoms with van der Waals surface area (Å²) in [6.07, 6.45) is 10.4. The van der Waals surface area contributed by atoms with Crippen molar-refractivity contribution in [2.45, 2.75) is 56.3 Å². The highest BCUT2D eigenvalue weighted by Crippen LogP contribution is 2.53. The van der Waals surface area contributed by atoms with Gasteiger partial charge in [0.15, 0.2) is 9.84 Å². The summed E-state index contributed by atoms with van der Waals surface area (Å²) in [4.78, 5) is 30.3. The van der Waals surface area contributed by atoms with Gasteiger partial charge in [-0.3, -0.25) is 9.59 Å². The van der Waals surface area contributed by atoms with Crippen molar-refractivity contribution in [3.05, 3.63) is 12.2 Å². The van der Waals surface area contributed by atoms with E-state index in [1.165, 1.54) is 12.8 Å². The Bertz CT molecular complexity index is 802. The first-order chi connectivity index (χ1) is 13.4. The molecule has 0 aromatic rings. The Morgan fingerprint density at radius 1 is 1.11 bits per heavy atom. The fourth-order valence-corrected chi connectivity index (χ4v) is 7.03. The van der Waals surface area contributed by atoms with Crippen LogP contribution < -0.4 is 0 Å². The van der Waals surface area contributed by atoms with Crippen LogP contribution in [-0.4, -0.2) is 78.9 Å². The Hall–Kier alpha value is -1.41. The first-order valence-corrected chi connectivity index (χ1v) is 12.4. The summed E-state index contributed by atoms with van der Waals surface area (Å²) < 4.78 is 29.7. The second-order valence-electron chi connectivity index (χ2n) is 8.99. The van der Waals surface area contributed by atoms with Crippen LogP contribution in [0, 0.1) is 11.8 Å². The lowest BCUT2D eigenvalue weighted by molar-refractivity contribution is -0.144. The highest BCUT2D eigenvalue weighted by Gasteiger charge is 2.67. The van der Waals surface area contributed by atoms with E-state index in [-0.39, 0.29) is 48.6 Å². The smallest absolute Gasteiger partial charge is 0.230 e. The van der Waals surface area contributed by atoms with Crippen LogP contribution in [0.5, 0.6) is 0 Å². The molecule has 1 spiro atoms. The fourth-order valence-electron chi connectivity index (χ4n) is 5.83. The minimum Gasteiger partial charge on any atom is -0.360 e. The number of rotatable bonds is 2. The van der Waals surface area contributed by atoms with Gasteiger partial charge in [0.25, 0.3) is 0 Å². The van der Waals surface area contributed by atoms with Gasteiger partial charge in [-0.25, -0.2) is 8.42 Å². The molecule has 3 saturated heterocycles. The zero-order valence-corrected chi connectivity index (χ0v) is 16.9. The number of sulfone groups is 1. The van der Waals surface area contributed by atoms with Crippen LogP contribution in [0.2, 0.25) is 0 Å². The molecule has 0 aromatic heterocycles. The number of ether oxygens (including phenoxy) is 1. The molecule has 2 bridgehead atoms. The van der Waals surface area contributed by atoms with E-state index < -0.39 is 27.3 Å². The van der Waals surface area contributed by atoms with Crippen molar-refractivity contribution >= 4 is 21.7 Å². The average Bonchev–Trinajstić information content (AvgIpc) is 3.21. The summed E-state index contributed by atoms with van der Waals surface area (Å²) in [5, 5.41) is 0. The van der Waals surface area contributed by atoms with Crippen LogP contribution in [0.15, 0.2) is 12.2 Å². The monoisotopic (exact) mass is 408 g/mol. The van der Waals surface area contributed by atoms with Crippen LogP contribution in [0.3, 0.4) is 0 Å². The first-order valence-electron chi connectivity index (χ1n) is 10.6. The number of nitrogens with zero attached hydrogens (tertiary/aromatic N) is 2. The van der Waals surface area contributed by atoms with Gasteiger partial charge in [-0.1, -0.05) is 37.8 Å². The maximum Gasteiger partial charge on any atom is 0.230 e. The van der Waals surface area contributed by atoms with Crippen molar-refractivity contribution < 1.29 is 22.7 Å².